The molecule has 0 saturated heterocycles. The van der Waals surface area contributed by atoms with Gasteiger partial charge in [-0.2, -0.15) is 0 Å². The average Bonchev–Trinajstić information content (AvgIpc) is 2.64. The van der Waals surface area contributed by atoms with Crippen LogP contribution in [0.1, 0.15) is 48.4 Å². The van der Waals surface area contributed by atoms with E-state index >= 15 is 0 Å². The zero-order valence-electron chi connectivity index (χ0n) is 18.4. The van der Waals surface area contributed by atoms with Crippen LogP contribution in [-0.2, 0) is 4.43 Å². The van der Waals surface area contributed by atoms with Gasteiger partial charge in [-0.1, -0.05) is 54.9 Å². The number of hydrogen-bond donors (Lipinski definition) is 1. The molecule has 2 aromatic carbocycles. The summed E-state index contributed by atoms with van der Waals surface area (Å²) in [5, 5.41) is 3.13. The molecule has 0 bridgehead atoms. The Hall–Kier alpha value is -1.63. The summed E-state index contributed by atoms with van der Waals surface area (Å²) in [7, 11) is -0.474. The third kappa shape index (κ3) is 5.93. The van der Waals surface area contributed by atoms with E-state index in [-0.39, 0.29) is 17.0 Å². The highest BCUT2D eigenvalue weighted by atomic mass is 79.9. The number of ether oxygens (including phenoxy) is 1. The van der Waals surface area contributed by atoms with Crippen molar-refractivity contribution in [1.29, 1.82) is 0 Å². The number of benzene rings is 2. The lowest BCUT2D eigenvalue weighted by molar-refractivity contribution is 0.0918. The molecule has 0 aliphatic heterocycles. The first kappa shape index (κ1) is 23.6. The normalized spacial score (nSPS) is 13.1. The van der Waals surface area contributed by atoms with E-state index in [1.165, 1.54) is 0 Å². The molecule has 0 aliphatic rings. The summed E-state index contributed by atoms with van der Waals surface area (Å²) in [5.74, 6) is 0.396. The fourth-order valence-corrected chi connectivity index (χ4v) is 4.61. The molecule has 158 valence electrons. The summed E-state index contributed by atoms with van der Waals surface area (Å²) >= 11 is 3.53. The predicted octanol–water partition coefficient (Wildman–Crippen LogP) is 6.26. The Morgan fingerprint density at radius 3 is 2.41 bits per heavy atom. The van der Waals surface area contributed by atoms with Crippen LogP contribution in [0, 0.1) is 6.92 Å². The maximum absolute atomic E-state index is 12.8. The van der Waals surface area contributed by atoms with Gasteiger partial charge in [0.2, 0.25) is 0 Å². The Morgan fingerprint density at radius 1 is 1.17 bits per heavy atom. The fourth-order valence-electron chi connectivity index (χ4n) is 2.86. The monoisotopic (exact) mass is 477 g/mol. The molecule has 0 fully saturated rings. The third-order valence-corrected chi connectivity index (χ3v) is 10.6. The van der Waals surface area contributed by atoms with Gasteiger partial charge in [0.15, 0.2) is 8.32 Å². The van der Waals surface area contributed by atoms with E-state index in [4.69, 9.17) is 9.16 Å². The minimum absolute atomic E-state index is 0.0706. The van der Waals surface area contributed by atoms with Crippen LogP contribution < -0.4 is 10.1 Å². The molecule has 0 heterocycles. The topological polar surface area (TPSA) is 47.6 Å². The van der Waals surface area contributed by atoms with Crippen molar-refractivity contribution >= 4 is 30.2 Å². The Labute approximate surface area is 184 Å². The second-order valence-electron chi connectivity index (χ2n) is 8.78. The Balaban J connectivity index is 2.29. The number of nitrogens with one attached hydrogen (secondary N) is 1. The maximum Gasteiger partial charge on any atom is 0.255 e. The SMILES string of the molecule is COc1ccccc1C(=O)NCC(O[Si](C)(C)C(C)(C)C)c1ccc(Br)cc1C. The van der Waals surface area contributed by atoms with E-state index in [0.29, 0.717) is 17.9 Å². The molecular weight excluding hydrogens is 446 g/mol. The summed E-state index contributed by atoms with van der Waals surface area (Å²) in [4.78, 5) is 12.8. The minimum Gasteiger partial charge on any atom is -0.496 e. The third-order valence-electron chi connectivity index (χ3n) is 5.62. The van der Waals surface area contributed by atoms with E-state index < -0.39 is 8.32 Å². The molecule has 0 aliphatic carbocycles. The van der Waals surface area contributed by atoms with Crippen LogP contribution in [0.15, 0.2) is 46.9 Å². The van der Waals surface area contributed by atoms with Crippen molar-refractivity contribution in [2.24, 2.45) is 0 Å². The Morgan fingerprint density at radius 2 is 1.83 bits per heavy atom. The summed E-state index contributed by atoms with van der Waals surface area (Å²) in [6, 6.07) is 13.4. The van der Waals surface area contributed by atoms with Crippen molar-refractivity contribution in [1.82, 2.24) is 5.32 Å². The highest BCUT2D eigenvalue weighted by Crippen LogP contribution is 2.40. The lowest BCUT2D eigenvalue weighted by Crippen LogP contribution is -2.44. The van der Waals surface area contributed by atoms with Crippen molar-refractivity contribution in [2.45, 2.75) is 51.9 Å². The number of methoxy groups -OCH3 is 1. The van der Waals surface area contributed by atoms with Crippen molar-refractivity contribution in [3.05, 3.63) is 63.6 Å². The Kier molecular flexibility index (Phi) is 7.71. The molecular formula is C23H32BrNO3Si. The van der Waals surface area contributed by atoms with Crippen LogP contribution in [0.25, 0.3) is 0 Å². The lowest BCUT2D eigenvalue weighted by Gasteiger charge is -2.39. The number of aryl methyl sites for hydroxylation is 1. The van der Waals surface area contributed by atoms with Crippen molar-refractivity contribution in [3.8, 4) is 5.75 Å². The molecule has 4 nitrogen and oxygen atoms in total. The van der Waals surface area contributed by atoms with Gasteiger partial charge in [0.05, 0.1) is 18.8 Å². The fraction of sp³-hybridized carbons (Fsp3) is 0.435. The first-order chi connectivity index (χ1) is 13.5. The first-order valence-electron chi connectivity index (χ1n) is 9.81. The molecule has 1 amide bonds. The molecule has 1 unspecified atom stereocenters. The summed E-state index contributed by atoms with van der Waals surface area (Å²) in [6.07, 6.45) is -0.220. The maximum atomic E-state index is 12.8. The molecule has 0 spiro atoms. The molecule has 0 radical (unpaired) electrons. The van der Waals surface area contributed by atoms with Crippen LogP contribution in [-0.4, -0.2) is 27.9 Å². The standard InChI is InChI=1S/C23H32BrNO3Si/c1-16-14-17(24)12-13-18(16)21(28-29(6,7)23(2,3)4)15-25-22(26)19-10-8-9-11-20(19)27-5/h8-14,21H,15H2,1-7H3,(H,25,26). The van der Waals surface area contributed by atoms with Gasteiger partial charge in [0.1, 0.15) is 5.75 Å². The number of hydrogen-bond acceptors (Lipinski definition) is 3. The molecule has 1 atom stereocenters. The van der Waals surface area contributed by atoms with Gasteiger partial charge in [-0.25, -0.2) is 0 Å². The van der Waals surface area contributed by atoms with Gasteiger partial charge in [-0.15, -0.1) is 0 Å². The molecule has 6 heteroatoms. The minimum atomic E-state index is -2.04. The number of halogens is 1. The van der Waals surface area contributed by atoms with Crippen LogP contribution in [0.2, 0.25) is 18.1 Å². The second kappa shape index (κ2) is 9.45. The van der Waals surface area contributed by atoms with E-state index in [1.807, 2.05) is 18.2 Å². The molecule has 0 saturated carbocycles. The summed E-state index contributed by atoms with van der Waals surface area (Å²) < 4.78 is 13.1. The van der Waals surface area contributed by atoms with E-state index in [1.54, 1.807) is 19.2 Å². The van der Waals surface area contributed by atoms with Gasteiger partial charge >= 0.3 is 0 Å². The summed E-state index contributed by atoms with van der Waals surface area (Å²) in [6.45, 7) is 13.6. The van der Waals surface area contributed by atoms with E-state index in [2.05, 4.69) is 74.2 Å². The number of rotatable bonds is 7. The van der Waals surface area contributed by atoms with E-state index in [0.717, 1.165) is 15.6 Å². The highest BCUT2D eigenvalue weighted by Gasteiger charge is 2.39. The number of amides is 1. The van der Waals surface area contributed by atoms with Crippen LogP contribution in [0.5, 0.6) is 5.75 Å². The van der Waals surface area contributed by atoms with Gasteiger partial charge in [-0.05, 0) is 60.4 Å². The Bertz CT molecular complexity index is 861. The van der Waals surface area contributed by atoms with Gasteiger partial charge in [-0.3, -0.25) is 4.79 Å². The number of carbonyl (C=O) groups excluding carboxylic acids is 1. The van der Waals surface area contributed by atoms with Gasteiger partial charge < -0.3 is 14.5 Å². The van der Waals surface area contributed by atoms with E-state index in [9.17, 15) is 4.79 Å². The lowest BCUT2D eigenvalue weighted by atomic mass is 10.0. The highest BCUT2D eigenvalue weighted by molar-refractivity contribution is 9.10. The molecule has 2 rings (SSSR count). The molecule has 1 N–H and O–H groups in total. The van der Waals surface area contributed by atoms with Crippen LogP contribution >= 0.6 is 15.9 Å². The first-order valence-corrected chi connectivity index (χ1v) is 13.5. The van der Waals surface area contributed by atoms with Crippen molar-refractivity contribution < 1.29 is 14.0 Å². The largest absolute Gasteiger partial charge is 0.496 e. The van der Waals surface area contributed by atoms with Crippen LogP contribution in [0.3, 0.4) is 0 Å². The second-order valence-corrected chi connectivity index (χ2v) is 14.5. The molecule has 0 aromatic heterocycles. The smallest absolute Gasteiger partial charge is 0.255 e. The number of carbonyl (C=O) groups is 1. The number of para-hydroxylation sites is 1. The van der Waals surface area contributed by atoms with Gasteiger partial charge in [0.25, 0.3) is 5.91 Å². The van der Waals surface area contributed by atoms with Gasteiger partial charge in [0, 0.05) is 11.0 Å². The van der Waals surface area contributed by atoms with Crippen LogP contribution in [0.4, 0.5) is 0 Å². The summed E-state index contributed by atoms with van der Waals surface area (Å²) in [5.41, 5.74) is 2.75. The quantitative estimate of drug-likeness (QED) is 0.478. The van der Waals surface area contributed by atoms with Crippen molar-refractivity contribution in [3.63, 3.8) is 0 Å². The predicted molar refractivity (Wildman–Crippen MR) is 125 cm³/mol. The van der Waals surface area contributed by atoms with Crippen molar-refractivity contribution in [2.75, 3.05) is 13.7 Å². The zero-order valence-corrected chi connectivity index (χ0v) is 21.0. The molecule has 2 aromatic rings. The molecule has 29 heavy (non-hydrogen) atoms. The zero-order chi connectivity index (χ0) is 21.8. The average molecular weight is 479 g/mol.